The highest BCUT2D eigenvalue weighted by molar-refractivity contribution is 5.97. The maximum absolute atomic E-state index is 12.2. The number of aliphatic hydroxyl groups is 1. The van der Waals surface area contributed by atoms with Gasteiger partial charge in [-0.1, -0.05) is 0 Å². The number of carbonyl (C=O) groups is 1. The largest absolute Gasteiger partial charge is 0.497 e. The zero-order valence-electron chi connectivity index (χ0n) is 11.8. The zero-order chi connectivity index (χ0) is 14.7. The topological polar surface area (TPSA) is 87.8 Å². The fourth-order valence-corrected chi connectivity index (χ4v) is 2.30. The first-order valence-corrected chi connectivity index (χ1v) is 6.67. The van der Waals surface area contributed by atoms with Gasteiger partial charge in [0.15, 0.2) is 0 Å². The van der Waals surface area contributed by atoms with Gasteiger partial charge in [-0.15, -0.1) is 0 Å². The van der Waals surface area contributed by atoms with Crippen LogP contribution in [-0.2, 0) is 4.79 Å². The first-order chi connectivity index (χ1) is 9.51. The van der Waals surface area contributed by atoms with Gasteiger partial charge in [-0.05, 0) is 25.5 Å². The molecule has 1 amide bonds. The smallest absolute Gasteiger partial charge is 0.241 e. The number of methoxy groups -OCH3 is 1. The molecule has 0 saturated carbocycles. The molecule has 2 atom stereocenters. The average molecular weight is 279 g/mol. The number of carbonyl (C=O) groups excluding carboxylic acids is 1. The molecule has 0 radical (unpaired) electrons. The number of hydrogen-bond acceptors (Lipinski definition) is 5. The Labute approximate surface area is 118 Å². The van der Waals surface area contributed by atoms with E-state index in [1.54, 1.807) is 25.3 Å². The minimum absolute atomic E-state index is 0.129. The van der Waals surface area contributed by atoms with Gasteiger partial charge in [-0.3, -0.25) is 9.69 Å². The molecule has 1 saturated heterocycles. The van der Waals surface area contributed by atoms with Gasteiger partial charge in [-0.2, -0.15) is 0 Å². The normalized spacial score (nSPS) is 20.6. The third kappa shape index (κ3) is 3.20. The zero-order valence-corrected chi connectivity index (χ0v) is 11.8. The van der Waals surface area contributed by atoms with Crippen molar-refractivity contribution in [2.75, 3.05) is 31.2 Å². The van der Waals surface area contributed by atoms with Crippen molar-refractivity contribution in [1.29, 1.82) is 0 Å². The van der Waals surface area contributed by atoms with E-state index in [-0.39, 0.29) is 18.1 Å². The Bertz CT molecular complexity index is 493. The van der Waals surface area contributed by atoms with Gasteiger partial charge in [0, 0.05) is 19.2 Å². The first kappa shape index (κ1) is 14.6. The van der Waals surface area contributed by atoms with Crippen molar-refractivity contribution in [3.05, 3.63) is 18.2 Å². The Hall–Kier alpha value is -1.79. The molecule has 6 heteroatoms. The van der Waals surface area contributed by atoms with E-state index >= 15 is 0 Å². The van der Waals surface area contributed by atoms with Crippen molar-refractivity contribution >= 4 is 17.3 Å². The maximum Gasteiger partial charge on any atom is 0.241 e. The molecule has 1 aliphatic rings. The summed E-state index contributed by atoms with van der Waals surface area (Å²) < 4.78 is 5.07. The number of amides is 1. The second kappa shape index (κ2) is 6.11. The average Bonchev–Trinajstić information content (AvgIpc) is 2.86. The Morgan fingerprint density at radius 2 is 2.35 bits per heavy atom. The van der Waals surface area contributed by atoms with Crippen LogP contribution in [0.4, 0.5) is 11.4 Å². The molecule has 20 heavy (non-hydrogen) atoms. The van der Waals surface area contributed by atoms with E-state index in [9.17, 15) is 9.90 Å². The van der Waals surface area contributed by atoms with Gasteiger partial charge in [-0.25, -0.2) is 0 Å². The number of anilines is 2. The summed E-state index contributed by atoms with van der Waals surface area (Å²) in [5, 5.41) is 12.3. The van der Waals surface area contributed by atoms with Crippen LogP contribution in [0.25, 0.3) is 0 Å². The van der Waals surface area contributed by atoms with Crippen LogP contribution in [0.1, 0.15) is 13.3 Å². The number of benzene rings is 1. The molecule has 1 fully saturated rings. The highest BCUT2D eigenvalue weighted by Crippen LogP contribution is 2.24. The van der Waals surface area contributed by atoms with Gasteiger partial charge in [0.1, 0.15) is 5.75 Å². The van der Waals surface area contributed by atoms with Crippen LogP contribution in [-0.4, -0.2) is 48.3 Å². The van der Waals surface area contributed by atoms with Crippen molar-refractivity contribution < 1.29 is 14.6 Å². The molecular weight excluding hydrogens is 258 g/mol. The molecule has 1 aromatic rings. The van der Waals surface area contributed by atoms with Crippen LogP contribution in [0.15, 0.2) is 18.2 Å². The lowest BCUT2D eigenvalue weighted by Gasteiger charge is -2.23. The van der Waals surface area contributed by atoms with E-state index in [1.807, 2.05) is 11.8 Å². The minimum Gasteiger partial charge on any atom is -0.497 e. The lowest BCUT2D eigenvalue weighted by molar-refractivity contribution is -0.120. The van der Waals surface area contributed by atoms with Gasteiger partial charge in [0.25, 0.3) is 0 Å². The molecule has 2 rings (SSSR count). The predicted octanol–water partition coefficient (Wildman–Crippen LogP) is 0.671. The van der Waals surface area contributed by atoms with Gasteiger partial charge in [0.05, 0.1) is 30.6 Å². The quantitative estimate of drug-likeness (QED) is 0.705. The van der Waals surface area contributed by atoms with Crippen molar-refractivity contribution in [3.63, 3.8) is 0 Å². The minimum atomic E-state index is -0.337. The van der Waals surface area contributed by atoms with Crippen LogP contribution in [0, 0.1) is 0 Å². The number of rotatable bonds is 4. The van der Waals surface area contributed by atoms with E-state index in [0.29, 0.717) is 30.1 Å². The predicted molar refractivity (Wildman–Crippen MR) is 77.7 cm³/mol. The number of hydrogen-bond donors (Lipinski definition) is 3. The van der Waals surface area contributed by atoms with E-state index in [1.165, 1.54) is 0 Å². The monoisotopic (exact) mass is 279 g/mol. The molecule has 110 valence electrons. The molecule has 0 spiro atoms. The van der Waals surface area contributed by atoms with E-state index in [2.05, 4.69) is 5.32 Å². The molecule has 1 aromatic carbocycles. The lowest BCUT2D eigenvalue weighted by Crippen LogP contribution is -2.41. The first-order valence-electron chi connectivity index (χ1n) is 6.67. The molecule has 4 N–H and O–H groups in total. The second-order valence-electron chi connectivity index (χ2n) is 5.06. The summed E-state index contributed by atoms with van der Waals surface area (Å²) in [5.41, 5.74) is 6.91. The van der Waals surface area contributed by atoms with Crippen molar-refractivity contribution in [1.82, 2.24) is 4.90 Å². The number of nitrogens with one attached hydrogen (secondary N) is 1. The summed E-state index contributed by atoms with van der Waals surface area (Å²) in [4.78, 5) is 14.1. The summed E-state index contributed by atoms with van der Waals surface area (Å²) in [5.74, 6) is 0.521. The van der Waals surface area contributed by atoms with Crippen molar-refractivity contribution in [2.45, 2.75) is 25.5 Å². The lowest BCUT2D eigenvalue weighted by atomic mass is 10.2. The van der Waals surface area contributed by atoms with Gasteiger partial charge < -0.3 is 20.9 Å². The van der Waals surface area contributed by atoms with Crippen molar-refractivity contribution in [3.8, 4) is 5.75 Å². The number of nitrogens with zero attached hydrogens (tertiary/aromatic N) is 1. The molecule has 2 unspecified atom stereocenters. The van der Waals surface area contributed by atoms with E-state index in [0.717, 1.165) is 6.54 Å². The number of ether oxygens (including phenoxy) is 1. The fourth-order valence-electron chi connectivity index (χ4n) is 2.30. The van der Waals surface area contributed by atoms with Crippen LogP contribution < -0.4 is 15.8 Å². The maximum atomic E-state index is 12.2. The molecule has 0 aromatic heterocycles. The Morgan fingerprint density at radius 1 is 1.60 bits per heavy atom. The third-order valence-corrected chi connectivity index (χ3v) is 3.64. The summed E-state index contributed by atoms with van der Waals surface area (Å²) in [7, 11) is 1.56. The number of likely N-dealkylation sites (tertiary alicyclic amines) is 1. The molecule has 0 aliphatic carbocycles. The standard InChI is InChI=1S/C14H21N3O3/c1-9(17-6-5-10(18)8-17)14(19)16-13-4-3-11(20-2)7-12(13)15/h3-4,7,9-10,18H,5-6,8,15H2,1-2H3,(H,16,19). The Morgan fingerprint density at radius 3 is 2.90 bits per heavy atom. The SMILES string of the molecule is COc1ccc(NC(=O)C(C)N2CCC(O)C2)c(N)c1. The summed E-state index contributed by atoms with van der Waals surface area (Å²) in [6.07, 6.45) is 0.374. The molecule has 1 heterocycles. The fraction of sp³-hybridized carbons (Fsp3) is 0.500. The third-order valence-electron chi connectivity index (χ3n) is 3.64. The molecule has 1 aliphatic heterocycles. The Balaban J connectivity index is 2.00. The highest BCUT2D eigenvalue weighted by atomic mass is 16.5. The summed E-state index contributed by atoms with van der Waals surface area (Å²) in [6.45, 7) is 3.09. The highest BCUT2D eigenvalue weighted by Gasteiger charge is 2.28. The summed E-state index contributed by atoms with van der Waals surface area (Å²) >= 11 is 0. The van der Waals surface area contributed by atoms with Crippen LogP contribution in [0.3, 0.4) is 0 Å². The number of nitrogens with two attached hydrogens (primary N) is 1. The van der Waals surface area contributed by atoms with Crippen molar-refractivity contribution in [2.24, 2.45) is 0 Å². The van der Waals surface area contributed by atoms with Gasteiger partial charge in [0.2, 0.25) is 5.91 Å². The van der Waals surface area contributed by atoms with E-state index < -0.39 is 0 Å². The van der Waals surface area contributed by atoms with Crippen LogP contribution in [0.5, 0.6) is 5.75 Å². The van der Waals surface area contributed by atoms with Gasteiger partial charge >= 0.3 is 0 Å². The number of nitrogen functional groups attached to an aromatic ring is 1. The van der Waals surface area contributed by atoms with E-state index in [4.69, 9.17) is 10.5 Å². The molecule has 6 nitrogen and oxygen atoms in total. The second-order valence-corrected chi connectivity index (χ2v) is 5.06. The molecular formula is C14H21N3O3. The molecule has 0 bridgehead atoms. The number of aliphatic hydroxyl groups excluding tert-OH is 1. The number of β-amino-alcohol motifs (C(OH)–C–C–N with tert-alkyl or cyclic N) is 1. The van der Waals surface area contributed by atoms with Crippen LogP contribution >= 0.6 is 0 Å². The Kier molecular flexibility index (Phi) is 4.46. The summed E-state index contributed by atoms with van der Waals surface area (Å²) in [6, 6.07) is 4.84. The van der Waals surface area contributed by atoms with Crippen LogP contribution in [0.2, 0.25) is 0 Å².